The van der Waals surface area contributed by atoms with Crippen molar-refractivity contribution in [1.29, 1.82) is 0 Å². The summed E-state index contributed by atoms with van der Waals surface area (Å²) in [6.07, 6.45) is 0. The van der Waals surface area contributed by atoms with Crippen LogP contribution in [0.3, 0.4) is 0 Å². The number of sulfonamides is 1. The van der Waals surface area contributed by atoms with E-state index in [2.05, 4.69) is 15.9 Å². The Morgan fingerprint density at radius 1 is 0.952 bits per heavy atom. The molecule has 2 aromatic rings. The molecule has 0 bridgehead atoms. The van der Waals surface area contributed by atoms with Crippen LogP contribution in [0.25, 0.3) is 0 Å². The van der Waals surface area contributed by atoms with Gasteiger partial charge in [0, 0.05) is 10.5 Å². The fraction of sp³-hybridized carbons (Fsp3) is 0. The number of nitrogens with one attached hydrogen (secondary N) is 1. The molecular formula is C12H6BrF4NO2S. The normalized spacial score (nSPS) is 11.5. The molecule has 0 aliphatic carbocycles. The SMILES string of the molecule is O=S(=O)(Nc1c(F)c(F)cc(F)c1F)c1ccccc1Br. The van der Waals surface area contributed by atoms with E-state index < -0.39 is 39.0 Å². The first-order chi connectivity index (χ1) is 9.74. The third-order valence-electron chi connectivity index (χ3n) is 2.47. The quantitative estimate of drug-likeness (QED) is 0.647. The Bertz CT molecular complexity index is 785. The van der Waals surface area contributed by atoms with E-state index in [-0.39, 0.29) is 15.4 Å². The lowest BCUT2D eigenvalue weighted by Gasteiger charge is -2.11. The zero-order valence-corrected chi connectivity index (χ0v) is 12.4. The summed E-state index contributed by atoms with van der Waals surface area (Å²) in [5, 5.41) is 0. The number of anilines is 1. The molecule has 0 saturated heterocycles. The van der Waals surface area contributed by atoms with Crippen LogP contribution >= 0.6 is 15.9 Å². The summed E-state index contributed by atoms with van der Waals surface area (Å²) >= 11 is 2.96. The first-order valence-electron chi connectivity index (χ1n) is 5.34. The van der Waals surface area contributed by atoms with Crippen LogP contribution in [0.1, 0.15) is 0 Å². The minimum atomic E-state index is -4.43. The van der Waals surface area contributed by atoms with E-state index in [0.717, 1.165) is 6.07 Å². The minimum absolute atomic E-state index is 0.0130. The second kappa shape index (κ2) is 5.64. The molecule has 0 saturated carbocycles. The molecule has 0 aliphatic heterocycles. The van der Waals surface area contributed by atoms with Crippen molar-refractivity contribution in [3.8, 4) is 0 Å². The van der Waals surface area contributed by atoms with Crippen molar-refractivity contribution in [1.82, 2.24) is 0 Å². The maximum atomic E-state index is 13.5. The highest BCUT2D eigenvalue weighted by molar-refractivity contribution is 9.10. The number of hydrogen-bond acceptors (Lipinski definition) is 2. The Morgan fingerprint density at radius 2 is 1.48 bits per heavy atom. The van der Waals surface area contributed by atoms with Gasteiger partial charge in [-0.2, -0.15) is 0 Å². The fourth-order valence-corrected chi connectivity index (χ4v) is 3.58. The molecule has 2 rings (SSSR count). The van der Waals surface area contributed by atoms with Crippen LogP contribution in [-0.2, 0) is 10.0 Å². The zero-order chi connectivity index (χ0) is 15.8. The molecule has 2 aromatic carbocycles. The molecule has 0 spiro atoms. The predicted octanol–water partition coefficient (Wildman–Crippen LogP) is 3.81. The van der Waals surface area contributed by atoms with Crippen LogP contribution in [0.2, 0.25) is 0 Å². The lowest BCUT2D eigenvalue weighted by atomic mass is 10.3. The summed E-state index contributed by atoms with van der Waals surface area (Å²) in [7, 11) is -4.43. The monoisotopic (exact) mass is 383 g/mol. The van der Waals surface area contributed by atoms with Crippen molar-refractivity contribution in [3.63, 3.8) is 0 Å². The maximum Gasteiger partial charge on any atom is 0.263 e. The molecule has 0 amide bonds. The van der Waals surface area contributed by atoms with Gasteiger partial charge in [-0.15, -0.1) is 0 Å². The number of halogens is 5. The van der Waals surface area contributed by atoms with Gasteiger partial charge in [0.2, 0.25) is 0 Å². The molecule has 0 unspecified atom stereocenters. The van der Waals surface area contributed by atoms with Crippen molar-refractivity contribution in [2.75, 3.05) is 4.72 Å². The van der Waals surface area contributed by atoms with Crippen LogP contribution in [0.4, 0.5) is 23.2 Å². The Labute approximate surface area is 125 Å². The number of benzene rings is 2. The van der Waals surface area contributed by atoms with Crippen LogP contribution < -0.4 is 4.72 Å². The summed E-state index contributed by atoms with van der Waals surface area (Å²) < 4.78 is 78.7. The minimum Gasteiger partial charge on any atom is -0.274 e. The first kappa shape index (κ1) is 15.8. The van der Waals surface area contributed by atoms with Gasteiger partial charge < -0.3 is 0 Å². The molecule has 1 N–H and O–H groups in total. The molecule has 3 nitrogen and oxygen atoms in total. The molecular weight excluding hydrogens is 378 g/mol. The molecule has 21 heavy (non-hydrogen) atoms. The molecule has 0 aliphatic rings. The van der Waals surface area contributed by atoms with Gasteiger partial charge in [-0.1, -0.05) is 12.1 Å². The Kier molecular flexibility index (Phi) is 4.24. The number of rotatable bonds is 3. The molecule has 9 heteroatoms. The highest BCUT2D eigenvalue weighted by Crippen LogP contribution is 2.28. The standard InChI is InChI=1S/C12H6BrF4NO2S/c13-6-3-1-2-4-9(6)21(19,20)18-12-10(16)7(14)5-8(15)11(12)17/h1-5,18H. The third-order valence-corrected chi connectivity index (χ3v) is 4.84. The van der Waals surface area contributed by atoms with Crippen molar-refractivity contribution in [2.24, 2.45) is 0 Å². The van der Waals surface area contributed by atoms with Crippen molar-refractivity contribution in [3.05, 3.63) is 58.1 Å². The fourth-order valence-electron chi connectivity index (χ4n) is 1.51. The molecule has 112 valence electrons. The summed E-state index contributed by atoms with van der Waals surface area (Å²) in [6, 6.07) is 5.41. The Morgan fingerprint density at radius 3 is 2.00 bits per heavy atom. The lowest BCUT2D eigenvalue weighted by Crippen LogP contribution is -2.17. The summed E-state index contributed by atoms with van der Waals surface area (Å²) in [6.45, 7) is 0. The molecule has 0 fully saturated rings. The van der Waals surface area contributed by atoms with Crippen molar-refractivity contribution >= 4 is 31.6 Å². The molecule has 0 atom stereocenters. The van der Waals surface area contributed by atoms with E-state index in [9.17, 15) is 26.0 Å². The highest BCUT2D eigenvalue weighted by Gasteiger charge is 2.25. The largest absolute Gasteiger partial charge is 0.274 e. The van der Waals surface area contributed by atoms with Crippen molar-refractivity contribution in [2.45, 2.75) is 4.90 Å². The summed E-state index contributed by atoms with van der Waals surface area (Å²) in [5.41, 5.74) is -1.41. The predicted molar refractivity (Wildman–Crippen MR) is 71.2 cm³/mol. The highest BCUT2D eigenvalue weighted by atomic mass is 79.9. The lowest BCUT2D eigenvalue weighted by molar-refractivity contribution is 0.459. The third kappa shape index (κ3) is 3.03. The zero-order valence-electron chi connectivity index (χ0n) is 10.0. The van der Waals surface area contributed by atoms with Gasteiger partial charge in [0.1, 0.15) is 10.6 Å². The van der Waals surface area contributed by atoms with Gasteiger partial charge >= 0.3 is 0 Å². The van der Waals surface area contributed by atoms with Gasteiger partial charge in [-0.25, -0.2) is 26.0 Å². The molecule has 0 aromatic heterocycles. The van der Waals surface area contributed by atoms with E-state index in [1.807, 2.05) is 0 Å². The number of hydrogen-bond donors (Lipinski definition) is 1. The molecule has 0 heterocycles. The average Bonchev–Trinajstić information content (AvgIpc) is 2.42. The Hall–Kier alpha value is -1.61. The van der Waals surface area contributed by atoms with E-state index >= 15 is 0 Å². The van der Waals surface area contributed by atoms with Crippen molar-refractivity contribution < 1.29 is 26.0 Å². The summed E-state index contributed by atoms with van der Waals surface area (Å²) in [5.74, 6) is -7.08. The second-order valence-corrected chi connectivity index (χ2v) is 6.38. The van der Waals surface area contributed by atoms with Gasteiger partial charge in [-0.05, 0) is 28.1 Å². The second-order valence-electron chi connectivity index (χ2n) is 3.88. The van der Waals surface area contributed by atoms with Crippen LogP contribution in [0.15, 0.2) is 39.7 Å². The first-order valence-corrected chi connectivity index (χ1v) is 7.62. The van der Waals surface area contributed by atoms with E-state index in [1.165, 1.54) is 22.9 Å². The van der Waals surface area contributed by atoms with Gasteiger partial charge in [0.15, 0.2) is 23.3 Å². The van der Waals surface area contributed by atoms with Gasteiger partial charge in [0.05, 0.1) is 0 Å². The van der Waals surface area contributed by atoms with Crippen LogP contribution in [0.5, 0.6) is 0 Å². The van der Waals surface area contributed by atoms with Crippen LogP contribution in [-0.4, -0.2) is 8.42 Å². The summed E-state index contributed by atoms with van der Waals surface area (Å²) in [4.78, 5) is -0.339. The Balaban J connectivity index is 2.55. The van der Waals surface area contributed by atoms with E-state index in [1.54, 1.807) is 0 Å². The topological polar surface area (TPSA) is 46.2 Å². The van der Waals surface area contributed by atoms with E-state index in [4.69, 9.17) is 0 Å². The average molecular weight is 384 g/mol. The van der Waals surface area contributed by atoms with Gasteiger partial charge in [-0.3, -0.25) is 4.72 Å². The van der Waals surface area contributed by atoms with Gasteiger partial charge in [0.25, 0.3) is 10.0 Å². The smallest absolute Gasteiger partial charge is 0.263 e. The van der Waals surface area contributed by atoms with Crippen LogP contribution in [0, 0.1) is 23.3 Å². The van der Waals surface area contributed by atoms with E-state index in [0.29, 0.717) is 0 Å². The molecule has 0 radical (unpaired) electrons. The maximum absolute atomic E-state index is 13.5.